The fraction of sp³-hybridized carbons (Fsp3) is 0.778. The maximum absolute atomic E-state index is 5.29. The average Bonchev–Trinajstić information content (AvgIpc) is 2.62. The first-order chi connectivity index (χ1) is 6.76. The van der Waals surface area contributed by atoms with E-state index in [4.69, 9.17) is 4.74 Å². The molecule has 0 bridgehead atoms. The predicted octanol–water partition coefficient (Wildman–Crippen LogP) is 1.94. The highest BCUT2D eigenvalue weighted by molar-refractivity contribution is 7.15. The molecule has 14 heavy (non-hydrogen) atoms. The van der Waals surface area contributed by atoms with Gasteiger partial charge in [0.15, 0.2) is 0 Å². The lowest BCUT2D eigenvalue weighted by molar-refractivity contribution is 0.141. The number of hydrogen-bond donors (Lipinski definition) is 1. The molecular weight excluding hydrogens is 198 g/mol. The number of aromatic nitrogens is 2. The Hall–Kier alpha value is -0.680. The van der Waals surface area contributed by atoms with Crippen molar-refractivity contribution in [2.75, 3.05) is 18.5 Å². The minimum Gasteiger partial charge on any atom is -0.380 e. The molecule has 0 radical (unpaired) electrons. The van der Waals surface area contributed by atoms with Crippen LogP contribution in [0.5, 0.6) is 0 Å². The third-order valence-corrected chi connectivity index (χ3v) is 2.71. The lowest BCUT2D eigenvalue weighted by Crippen LogP contribution is -2.21. The standard InChI is InChI=1S/C9H17N3OS/c1-4-8-11-12-9(14-8)10-7(3)6-13-5-2/h7H,4-6H2,1-3H3,(H,10,12). The van der Waals surface area contributed by atoms with Crippen LogP contribution in [0.25, 0.3) is 0 Å². The first-order valence-electron chi connectivity index (χ1n) is 4.92. The van der Waals surface area contributed by atoms with Gasteiger partial charge in [0.2, 0.25) is 5.13 Å². The van der Waals surface area contributed by atoms with Gasteiger partial charge in [-0.25, -0.2) is 0 Å². The molecule has 1 heterocycles. The number of hydrogen-bond acceptors (Lipinski definition) is 5. The van der Waals surface area contributed by atoms with Crippen molar-refractivity contribution in [3.05, 3.63) is 5.01 Å². The molecule has 0 aliphatic heterocycles. The van der Waals surface area contributed by atoms with Crippen molar-refractivity contribution in [2.45, 2.75) is 33.2 Å². The topological polar surface area (TPSA) is 47.0 Å². The zero-order chi connectivity index (χ0) is 10.4. The van der Waals surface area contributed by atoms with E-state index in [1.165, 1.54) is 0 Å². The van der Waals surface area contributed by atoms with Gasteiger partial charge in [0, 0.05) is 12.6 Å². The third kappa shape index (κ3) is 3.59. The first-order valence-corrected chi connectivity index (χ1v) is 5.74. The maximum atomic E-state index is 5.29. The van der Waals surface area contributed by atoms with E-state index in [1.54, 1.807) is 11.3 Å². The van der Waals surface area contributed by atoms with E-state index in [-0.39, 0.29) is 6.04 Å². The normalized spacial score (nSPS) is 12.8. The summed E-state index contributed by atoms with van der Waals surface area (Å²) in [6.07, 6.45) is 0.944. The molecule has 0 aromatic carbocycles. The second kappa shape index (κ2) is 5.93. The summed E-state index contributed by atoms with van der Waals surface area (Å²) in [4.78, 5) is 0. The summed E-state index contributed by atoms with van der Waals surface area (Å²) in [5.41, 5.74) is 0. The molecule has 4 nitrogen and oxygen atoms in total. The number of ether oxygens (including phenoxy) is 1. The van der Waals surface area contributed by atoms with Crippen LogP contribution in [-0.2, 0) is 11.2 Å². The van der Waals surface area contributed by atoms with Gasteiger partial charge in [-0.15, -0.1) is 10.2 Å². The molecule has 0 saturated carbocycles. The fourth-order valence-electron chi connectivity index (χ4n) is 1.00. The van der Waals surface area contributed by atoms with E-state index in [2.05, 4.69) is 29.4 Å². The second-order valence-corrected chi connectivity index (χ2v) is 4.12. The summed E-state index contributed by atoms with van der Waals surface area (Å²) in [5, 5.41) is 13.3. The lowest BCUT2D eigenvalue weighted by atomic mass is 10.4. The SMILES string of the molecule is CCOCC(C)Nc1nnc(CC)s1. The zero-order valence-corrected chi connectivity index (χ0v) is 9.73. The molecule has 80 valence electrons. The molecule has 0 fully saturated rings. The molecule has 1 aromatic rings. The number of nitrogens with one attached hydrogen (secondary N) is 1. The van der Waals surface area contributed by atoms with Crippen LogP contribution in [0.15, 0.2) is 0 Å². The molecule has 0 aliphatic rings. The maximum Gasteiger partial charge on any atom is 0.205 e. The van der Waals surface area contributed by atoms with Gasteiger partial charge in [-0.1, -0.05) is 18.3 Å². The van der Waals surface area contributed by atoms with Crippen LogP contribution in [0.3, 0.4) is 0 Å². The van der Waals surface area contributed by atoms with Gasteiger partial charge in [0.1, 0.15) is 5.01 Å². The minimum atomic E-state index is 0.285. The molecule has 0 aliphatic carbocycles. The Morgan fingerprint density at radius 2 is 2.21 bits per heavy atom. The van der Waals surface area contributed by atoms with Crippen LogP contribution in [0, 0.1) is 0 Å². The van der Waals surface area contributed by atoms with Crippen LogP contribution in [0.2, 0.25) is 0 Å². The summed E-state index contributed by atoms with van der Waals surface area (Å²) in [6, 6.07) is 0.285. The van der Waals surface area contributed by atoms with Gasteiger partial charge in [-0.2, -0.15) is 0 Å². The van der Waals surface area contributed by atoms with Gasteiger partial charge >= 0.3 is 0 Å². The highest BCUT2D eigenvalue weighted by atomic mass is 32.1. The lowest BCUT2D eigenvalue weighted by Gasteiger charge is -2.11. The van der Waals surface area contributed by atoms with E-state index in [0.29, 0.717) is 6.61 Å². The Balaban J connectivity index is 2.35. The van der Waals surface area contributed by atoms with E-state index < -0.39 is 0 Å². The van der Waals surface area contributed by atoms with E-state index >= 15 is 0 Å². The fourth-order valence-corrected chi connectivity index (χ4v) is 1.79. The smallest absolute Gasteiger partial charge is 0.205 e. The number of rotatable bonds is 6. The minimum absolute atomic E-state index is 0.285. The molecule has 1 rings (SSSR count). The van der Waals surface area contributed by atoms with Crippen molar-refractivity contribution in [1.29, 1.82) is 0 Å². The van der Waals surface area contributed by atoms with Gasteiger partial charge in [0.25, 0.3) is 0 Å². The van der Waals surface area contributed by atoms with E-state index in [0.717, 1.165) is 23.2 Å². The highest BCUT2D eigenvalue weighted by Crippen LogP contribution is 2.16. The Labute approximate surface area is 88.7 Å². The second-order valence-electron chi connectivity index (χ2n) is 3.06. The molecule has 1 unspecified atom stereocenters. The number of nitrogens with zero attached hydrogens (tertiary/aromatic N) is 2. The average molecular weight is 215 g/mol. The Morgan fingerprint density at radius 1 is 1.43 bits per heavy atom. The summed E-state index contributed by atoms with van der Waals surface area (Å²) in [6.45, 7) is 7.60. The summed E-state index contributed by atoms with van der Waals surface area (Å²) >= 11 is 1.61. The first kappa shape index (κ1) is 11.4. The summed E-state index contributed by atoms with van der Waals surface area (Å²) in [5.74, 6) is 0. The van der Waals surface area contributed by atoms with Crippen molar-refractivity contribution in [1.82, 2.24) is 10.2 Å². The van der Waals surface area contributed by atoms with Crippen LogP contribution < -0.4 is 5.32 Å². The van der Waals surface area contributed by atoms with Crippen molar-refractivity contribution in [3.8, 4) is 0 Å². The van der Waals surface area contributed by atoms with Crippen LogP contribution in [0.1, 0.15) is 25.8 Å². The predicted molar refractivity (Wildman–Crippen MR) is 58.9 cm³/mol. The Bertz CT molecular complexity index is 264. The molecule has 5 heteroatoms. The molecule has 0 spiro atoms. The van der Waals surface area contributed by atoms with E-state index in [1.807, 2.05) is 6.92 Å². The molecular formula is C9H17N3OS. The molecule has 0 saturated heterocycles. The Morgan fingerprint density at radius 3 is 2.79 bits per heavy atom. The van der Waals surface area contributed by atoms with E-state index in [9.17, 15) is 0 Å². The Kier molecular flexibility index (Phi) is 4.82. The molecule has 1 atom stereocenters. The summed E-state index contributed by atoms with van der Waals surface area (Å²) < 4.78 is 5.29. The molecule has 1 aromatic heterocycles. The quantitative estimate of drug-likeness (QED) is 0.787. The summed E-state index contributed by atoms with van der Waals surface area (Å²) in [7, 11) is 0. The van der Waals surface area contributed by atoms with Gasteiger partial charge in [-0.3, -0.25) is 0 Å². The number of aryl methyl sites for hydroxylation is 1. The van der Waals surface area contributed by atoms with Gasteiger partial charge < -0.3 is 10.1 Å². The highest BCUT2D eigenvalue weighted by Gasteiger charge is 2.06. The molecule has 1 N–H and O–H groups in total. The van der Waals surface area contributed by atoms with Crippen molar-refractivity contribution in [3.63, 3.8) is 0 Å². The van der Waals surface area contributed by atoms with Crippen molar-refractivity contribution >= 4 is 16.5 Å². The van der Waals surface area contributed by atoms with Crippen LogP contribution in [0.4, 0.5) is 5.13 Å². The third-order valence-electron chi connectivity index (χ3n) is 1.71. The number of anilines is 1. The largest absolute Gasteiger partial charge is 0.380 e. The van der Waals surface area contributed by atoms with Crippen LogP contribution in [-0.4, -0.2) is 29.5 Å². The monoisotopic (exact) mass is 215 g/mol. The van der Waals surface area contributed by atoms with Gasteiger partial charge in [-0.05, 0) is 20.3 Å². The van der Waals surface area contributed by atoms with Gasteiger partial charge in [0.05, 0.1) is 6.61 Å². The van der Waals surface area contributed by atoms with Crippen molar-refractivity contribution < 1.29 is 4.74 Å². The van der Waals surface area contributed by atoms with Crippen LogP contribution >= 0.6 is 11.3 Å². The van der Waals surface area contributed by atoms with Crippen molar-refractivity contribution in [2.24, 2.45) is 0 Å². The zero-order valence-electron chi connectivity index (χ0n) is 8.91. The molecule has 0 amide bonds.